The van der Waals surface area contributed by atoms with Gasteiger partial charge in [-0.3, -0.25) is 19.5 Å². The number of hydrogen-bond donors (Lipinski definition) is 0. The zero-order valence-electron chi connectivity index (χ0n) is 13.0. The molecule has 0 aliphatic heterocycles. The second-order valence-corrected chi connectivity index (χ2v) is 5.40. The zero-order valence-corrected chi connectivity index (χ0v) is 13.0. The third-order valence-corrected chi connectivity index (χ3v) is 3.76. The van der Waals surface area contributed by atoms with Gasteiger partial charge in [0.05, 0.1) is 17.2 Å². The Morgan fingerprint density at radius 3 is 2.33 bits per heavy atom. The minimum Gasteiger partial charge on any atom is -0.292 e. The van der Waals surface area contributed by atoms with Gasteiger partial charge in [-0.25, -0.2) is 4.98 Å². The topological polar surface area (TPSA) is 78.0 Å². The summed E-state index contributed by atoms with van der Waals surface area (Å²) in [5, 5.41) is 10.7. The molecular weight excluding hydrogens is 306 g/mol. The molecule has 6 nitrogen and oxygen atoms in total. The van der Waals surface area contributed by atoms with E-state index in [1.807, 2.05) is 30.3 Å². The van der Waals surface area contributed by atoms with Crippen LogP contribution in [0.1, 0.15) is 11.4 Å². The van der Waals surface area contributed by atoms with Gasteiger partial charge < -0.3 is 0 Å². The molecule has 0 amide bonds. The molecule has 24 heavy (non-hydrogen) atoms. The highest BCUT2D eigenvalue weighted by atomic mass is 16.6. The molecule has 3 rings (SSSR count). The first-order valence-electron chi connectivity index (χ1n) is 7.42. The number of nitro groups is 1. The molecule has 1 aromatic heterocycles. The third-order valence-electron chi connectivity index (χ3n) is 3.76. The quantitative estimate of drug-likeness (QED) is 0.546. The average Bonchev–Trinajstić information content (AvgIpc) is 2.59. The number of benzene rings is 2. The second kappa shape index (κ2) is 6.45. The summed E-state index contributed by atoms with van der Waals surface area (Å²) in [5.74, 6) is 0.597. The fourth-order valence-corrected chi connectivity index (χ4v) is 2.48. The first-order chi connectivity index (χ1) is 11.5. The van der Waals surface area contributed by atoms with E-state index in [1.165, 1.54) is 18.2 Å². The number of aryl methyl sites for hydroxylation is 1. The molecule has 0 spiro atoms. The average molecular weight is 321 g/mol. The van der Waals surface area contributed by atoms with Gasteiger partial charge in [-0.05, 0) is 12.5 Å². The van der Waals surface area contributed by atoms with Gasteiger partial charge in [-0.15, -0.1) is 0 Å². The Kier molecular flexibility index (Phi) is 4.20. The number of hydrogen-bond acceptors (Lipinski definition) is 4. The number of non-ortho nitro benzene ring substituents is 1. The lowest BCUT2D eigenvalue weighted by molar-refractivity contribution is -0.384. The Balaban J connectivity index is 1.92. The summed E-state index contributed by atoms with van der Waals surface area (Å²) >= 11 is 0. The number of nitro benzene ring substituents is 1. The van der Waals surface area contributed by atoms with Crippen LogP contribution in [0.25, 0.3) is 11.3 Å². The van der Waals surface area contributed by atoms with E-state index < -0.39 is 4.92 Å². The van der Waals surface area contributed by atoms with Gasteiger partial charge in [0.25, 0.3) is 11.2 Å². The van der Waals surface area contributed by atoms with Crippen LogP contribution in [0, 0.1) is 17.0 Å². The van der Waals surface area contributed by atoms with E-state index in [0.29, 0.717) is 18.1 Å². The lowest BCUT2D eigenvalue weighted by atomic mass is 10.1. The summed E-state index contributed by atoms with van der Waals surface area (Å²) in [7, 11) is 0. The Morgan fingerprint density at radius 1 is 1.08 bits per heavy atom. The first-order valence-corrected chi connectivity index (χ1v) is 7.42. The summed E-state index contributed by atoms with van der Waals surface area (Å²) in [6, 6.07) is 17.2. The van der Waals surface area contributed by atoms with E-state index in [-0.39, 0.29) is 11.2 Å². The Morgan fingerprint density at radius 2 is 1.75 bits per heavy atom. The first kappa shape index (κ1) is 15.6. The molecular formula is C18H15N3O3. The summed E-state index contributed by atoms with van der Waals surface area (Å²) < 4.78 is 1.55. The molecule has 0 unspecified atom stereocenters. The van der Waals surface area contributed by atoms with Crippen molar-refractivity contribution in [1.29, 1.82) is 0 Å². The van der Waals surface area contributed by atoms with Gasteiger partial charge in [-0.2, -0.15) is 0 Å². The van der Waals surface area contributed by atoms with Crippen LogP contribution in [0.3, 0.4) is 0 Å². The molecule has 0 N–H and O–H groups in total. The van der Waals surface area contributed by atoms with Crippen LogP contribution in [-0.4, -0.2) is 14.5 Å². The molecule has 1 heterocycles. The van der Waals surface area contributed by atoms with E-state index in [0.717, 1.165) is 11.1 Å². The highest BCUT2D eigenvalue weighted by Gasteiger charge is 2.09. The maximum atomic E-state index is 12.4. The minimum absolute atomic E-state index is 0.0281. The number of rotatable bonds is 4. The van der Waals surface area contributed by atoms with Gasteiger partial charge in [-0.1, -0.05) is 42.5 Å². The molecule has 3 aromatic rings. The fourth-order valence-electron chi connectivity index (χ4n) is 2.48. The maximum Gasteiger partial charge on any atom is 0.269 e. The molecule has 0 saturated carbocycles. The van der Waals surface area contributed by atoms with Gasteiger partial charge in [0.1, 0.15) is 5.82 Å². The van der Waals surface area contributed by atoms with E-state index in [2.05, 4.69) is 4.98 Å². The van der Waals surface area contributed by atoms with Crippen molar-refractivity contribution in [3.05, 3.63) is 92.5 Å². The van der Waals surface area contributed by atoms with Crippen LogP contribution in [-0.2, 0) is 6.54 Å². The monoisotopic (exact) mass is 321 g/mol. The second-order valence-electron chi connectivity index (χ2n) is 5.40. The largest absolute Gasteiger partial charge is 0.292 e. The van der Waals surface area contributed by atoms with Crippen molar-refractivity contribution >= 4 is 5.69 Å². The molecule has 2 aromatic carbocycles. The van der Waals surface area contributed by atoms with Crippen LogP contribution in [0.5, 0.6) is 0 Å². The van der Waals surface area contributed by atoms with Crippen LogP contribution >= 0.6 is 0 Å². The molecule has 0 radical (unpaired) electrons. The van der Waals surface area contributed by atoms with Crippen molar-refractivity contribution in [2.24, 2.45) is 0 Å². The Labute approximate surface area is 138 Å². The van der Waals surface area contributed by atoms with Gasteiger partial charge in [0.2, 0.25) is 0 Å². The molecule has 0 atom stereocenters. The summed E-state index contributed by atoms with van der Waals surface area (Å²) in [4.78, 5) is 27.2. The molecule has 0 bridgehead atoms. The van der Waals surface area contributed by atoms with Crippen LogP contribution < -0.4 is 5.56 Å². The summed E-state index contributed by atoms with van der Waals surface area (Å²) in [6.45, 7) is 2.10. The highest BCUT2D eigenvalue weighted by Crippen LogP contribution is 2.16. The third kappa shape index (κ3) is 3.22. The van der Waals surface area contributed by atoms with Crippen molar-refractivity contribution in [3.8, 4) is 11.3 Å². The maximum absolute atomic E-state index is 12.4. The zero-order chi connectivity index (χ0) is 17.1. The van der Waals surface area contributed by atoms with Crippen LogP contribution in [0.4, 0.5) is 5.69 Å². The van der Waals surface area contributed by atoms with Gasteiger partial charge >= 0.3 is 0 Å². The Hall–Kier alpha value is -3.28. The number of nitrogens with zero attached hydrogens (tertiary/aromatic N) is 3. The minimum atomic E-state index is -0.447. The van der Waals surface area contributed by atoms with E-state index in [4.69, 9.17) is 0 Å². The van der Waals surface area contributed by atoms with Gasteiger partial charge in [0, 0.05) is 23.8 Å². The lowest BCUT2D eigenvalue weighted by Crippen LogP contribution is -2.23. The standard InChI is InChI=1S/C18H15N3O3/c1-13-19-17(15-5-3-2-4-6-15)11-18(22)20(13)12-14-7-9-16(10-8-14)21(23)24/h2-11H,12H2,1H3. The van der Waals surface area contributed by atoms with Crippen molar-refractivity contribution in [1.82, 2.24) is 9.55 Å². The van der Waals surface area contributed by atoms with E-state index in [1.54, 1.807) is 23.6 Å². The molecule has 0 aliphatic carbocycles. The normalized spacial score (nSPS) is 10.5. The van der Waals surface area contributed by atoms with E-state index in [9.17, 15) is 14.9 Å². The fraction of sp³-hybridized carbons (Fsp3) is 0.111. The summed E-state index contributed by atoms with van der Waals surface area (Å²) in [6.07, 6.45) is 0. The smallest absolute Gasteiger partial charge is 0.269 e. The molecule has 6 heteroatoms. The van der Waals surface area contributed by atoms with Crippen molar-refractivity contribution < 1.29 is 4.92 Å². The van der Waals surface area contributed by atoms with Crippen LogP contribution in [0.15, 0.2) is 65.5 Å². The number of aromatic nitrogens is 2. The molecule has 0 fully saturated rings. The van der Waals surface area contributed by atoms with Crippen molar-refractivity contribution in [2.75, 3.05) is 0 Å². The Bertz CT molecular complexity index is 932. The molecule has 120 valence electrons. The SMILES string of the molecule is Cc1nc(-c2ccccc2)cc(=O)n1Cc1ccc([N+](=O)[O-])cc1. The van der Waals surface area contributed by atoms with Gasteiger partial charge in [0.15, 0.2) is 0 Å². The van der Waals surface area contributed by atoms with Crippen LogP contribution in [0.2, 0.25) is 0 Å². The predicted octanol–water partition coefficient (Wildman–Crippen LogP) is 3.18. The summed E-state index contributed by atoms with van der Waals surface area (Å²) in [5.41, 5.74) is 2.21. The van der Waals surface area contributed by atoms with E-state index >= 15 is 0 Å². The predicted molar refractivity (Wildman–Crippen MR) is 90.9 cm³/mol. The molecule has 0 saturated heterocycles. The molecule has 0 aliphatic rings. The van der Waals surface area contributed by atoms with Crippen molar-refractivity contribution in [2.45, 2.75) is 13.5 Å². The lowest BCUT2D eigenvalue weighted by Gasteiger charge is -2.11. The van der Waals surface area contributed by atoms with Crippen molar-refractivity contribution in [3.63, 3.8) is 0 Å². The highest BCUT2D eigenvalue weighted by molar-refractivity contribution is 5.58.